The summed E-state index contributed by atoms with van der Waals surface area (Å²) in [5.74, 6) is -1.99. The van der Waals surface area contributed by atoms with E-state index in [1.165, 1.54) is 180 Å². The Morgan fingerprint density at radius 3 is 1.02 bits per heavy atom. The molecule has 0 aliphatic heterocycles. The van der Waals surface area contributed by atoms with Crippen LogP contribution in [0.5, 0.6) is 0 Å². The van der Waals surface area contributed by atoms with Crippen molar-refractivity contribution in [3.63, 3.8) is 0 Å². The summed E-state index contributed by atoms with van der Waals surface area (Å²) in [5.41, 5.74) is 0. The highest BCUT2D eigenvalue weighted by atomic mass is 16.7. The fraction of sp³-hybridized carbons (Fsp3) is 0.743. The maximum Gasteiger partial charge on any atom is 0.361 e. The molecule has 0 aromatic rings. The molecule has 0 heterocycles. The lowest BCUT2D eigenvalue weighted by Gasteiger charge is -2.25. The number of hydrogen-bond acceptors (Lipinski definition) is 7. The minimum atomic E-state index is -1.51. The van der Waals surface area contributed by atoms with Crippen LogP contribution in [-0.4, -0.2) is 87.4 Å². The second-order valence-corrected chi connectivity index (χ2v) is 24.1. The van der Waals surface area contributed by atoms with E-state index in [1.54, 1.807) is 0 Å². The number of aliphatic carboxylic acids is 1. The molecule has 1 N–H and O–H groups in total. The molecule has 0 bridgehead atoms. The highest BCUT2D eigenvalue weighted by Crippen LogP contribution is 2.17. The van der Waals surface area contributed by atoms with Gasteiger partial charge >= 0.3 is 17.9 Å². The van der Waals surface area contributed by atoms with Crippen LogP contribution in [0.25, 0.3) is 0 Å². The van der Waals surface area contributed by atoms with Crippen molar-refractivity contribution in [3.8, 4) is 0 Å². The van der Waals surface area contributed by atoms with Gasteiger partial charge < -0.3 is 28.5 Å². The maximum absolute atomic E-state index is 12.9. The minimum Gasteiger partial charge on any atom is -0.477 e. The molecule has 0 fully saturated rings. The Kier molecular flexibility index (Phi) is 61.3. The van der Waals surface area contributed by atoms with Gasteiger partial charge in [-0.1, -0.05) is 304 Å². The van der Waals surface area contributed by atoms with Crippen LogP contribution in [0.3, 0.4) is 0 Å². The van der Waals surface area contributed by atoms with E-state index in [0.717, 1.165) is 89.9 Å². The molecule has 0 rings (SSSR count). The maximum atomic E-state index is 12.9. The number of carbonyl (C=O) groups is 3. The number of hydrogen-bond donors (Lipinski definition) is 1. The summed E-state index contributed by atoms with van der Waals surface area (Å²) in [7, 11) is 5.98. The first-order chi connectivity index (χ1) is 40.6. The summed E-state index contributed by atoms with van der Waals surface area (Å²) in [6.45, 7) is 4.80. The standard InChI is InChI=1S/C74H129NO8/c1-6-8-10-12-14-16-18-20-22-24-25-26-27-28-29-30-31-32-33-34-35-36-37-38-39-40-41-42-43-44-45-46-47-49-51-53-55-57-59-61-63-65-72(77)83-70(69-82-74(73(78)79)80-67-66-75(3,4)5)68-81-71(76)64-62-60-58-56-54-52-50-48-23-21-19-17-15-13-11-9-7-2/h8,10,14,16,20,22,25-26,28-29,31-32,34-35,37-38,70,74H,6-7,9,11-13,15,17-19,21,23-24,27,30,33,36,39-69H2,1-5H3/p+1/b10-8-,16-14-,22-20-,26-25-,29-28-,32-31-,35-34-,38-37-. The highest BCUT2D eigenvalue weighted by molar-refractivity contribution is 5.71. The van der Waals surface area contributed by atoms with Gasteiger partial charge in [-0.25, -0.2) is 4.79 Å². The molecule has 0 spiro atoms. The Morgan fingerprint density at radius 1 is 0.373 bits per heavy atom. The lowest BCUT2D eigenvalue weighted by atomic mass is 10.0. The van der Waals surface area contributed by atoms with Gasteiger partial charge in [0, 0.05) is 12.8 Å². The van der Waals surface area contributed by atoms with E-state index in [1.807, 2.05) is 21.1 Å². The Morgan fingerprint density at radius 2 is 0.687 bits per heavy atom. The van der Waals surface area contributed by atoms with Crippen molar-refractivity contribution < 1.29 is 42.9 Å². The van der Waals surface area contributed by atoms with Crippen LogP contribution in [0.1, 0.15) is 296 Å². The van der Waals surface area contributed by atoms with E-state index < -0.39 is 24.3 Å². The number of ether oxygens (including phenoxy) is 4. The van der Waals surface area contributed by atoms with Gasteiger partial charge in [-0.3, -0.25) is 9.59 Å². The molecule has 0 radical (unpaired) electrons. The molecule has 0 saturated heterocycles. The number of quaternary nitrogens is 1. The second kappa shape index (κ2) is 64.2. The highest BCUT2D eigenvalue weighted by Gasteiger charge is 2.25. The van der Waals surface area contributed by atoms with E-state index in [9.17, 15) is 19.5 Å². The lowest BCUT2D eigenvalue weighted by Crippen LogP contribution is -2.40. The Labute approximate surface area is 512 Å². The third-order valence-corrected chi connectivity index (χ3v) is 14.9. The topological polar surface area (TPSA) is 108 Å². The van der Waals surface area contributed by atoms with Crippen molar-refractivity contribution in [2.45, 2.75) is 309 Å². The molecule has 0 saturated carbocycles. The largest absolute Gasteiger partial charge is 0.477 e. The van der Waals surface area contributed by atoms with Crippen molar-refractivity contribution in [3.05, 3.63) is 97.2 Å². The number of carboxylic acids is 1. The fourth-order valence-corrected chi connectivity index (χ4v) is 9.62. The quantitative estimate of drug-likeness (QED) is 0.0211. The number of carbonyl (C=O) groups excluding carboxylic acids is 2. The Bertz CT molecular complexity index is 1680. The van der Waals surface area contributed by atoms with Gasteiger partial charge in [0.2, 0.25) is 0 Å². The molecule has 2 unspecified atom stereocenters. The molecule has 0 aromatic heterocycles. The first-order valence-corrected chi connectivity index (χ1v) is 34.4. The predicted octanol–water partition coefficient (Wildman–Crippen LogP) is 21.2. The Hall–Kier alpha value is -3.79. The molecule has 0 aromatic carbocycles. The van der Waals surface area contributed by atoms with E-state index in [-0.39, 0.29) is 32.2 Å². The van der Waals surface area contributed by atoms with E-state index in [0.29, 0.717) is 17.4 Å². The zero-order valence-electron chi connectivity index (χ0n) is 54.6. The fourth-order valence-electron chi connectivity index (χ4n) is 9.62. The van der Waals surface area contributed by atoms with Crippen molar-refractivity contribution in [2.24, 2.45) is 0 Å². The van der Waals surface area contributed by atoms with Crippen LogP contribution < -0.4 is 0 Å². The average molecular weight is 1160 g/mol. The number of allylic oxidation sites excluding steroid dienone is 16. The summed E-state index contributed by atoms with van der Waals surface area (Å²) < 4.78 is 23.0. The smallest absolute Gasteiger partial charge is 0.361 e. The summed E-state index contributed by atoms with van der Waals surface area (Å²) in [6, 6.07) is 0. The number of unbranched alkanes of at least 4 members (excludes halogenated alkanes) is 32. The van der Waals surface area contributed by atoms with Gasteiger partial charge in [0.05, 0.1) is 34.4 Å². The zero-order chi connectivity index (χ0) is 60.5. The average Bonchev–Trinajstić information content (AvgIpc) is 3.46. The van der Waals surface area contributed by atoms with Crippen molar-refractivity contribution in [1.29, 1.82) is 0 Å². The van der Waals surface area contributed by atoms with Crippen molar-refractivity contribution in [2.75, 3.05) is 47.5 Å². The molecule has 478 valence electrons. The molecule has 9 nitrogen and oxygen atoms in total. The van der Waals surface area contributed by atoms with Gasteiger partial charge in [-0.15, -0.1) is 0 Å². The number of esters is 2. The second-order valence-electron chi connectivity index (χ2n) is 24.1. The molecule has 0 aliphatic rings. The van der Waals surface area contributed by atoms with Crippen LogP contribution in [-0.2, 0) is 33.3 Å². The van der Waals surface area contributed by atoms with Crippen molar-refractivity contribution in [1.82, 2.24) is 0 Å². The van der Waals surface area contributed by atoms with Gasteiger partial charge in [0.25, 0.3) is 6.29 Å². The first-order valence-electron chi connectivity index (χ1n) is 34.4. The summed E-state index contributed by atoms with van der Waals surface area (Å²) >= 11 is 0. The number of rotatable bonds is 63. The molecular weight excluding hydrogens is 1030 g/mol. The number of nitrogens with zero attached hydrogens (tertiary/aromatic N) is 1. The first kappa shape index (κ1) is 79.2. The monoisotopic (exact) mass is 1160 g/mol. The third-order valence-electron chi connectivity index (χ3n) is 14.9. The normalized spacial score (nSPS) is 13.3. The van der Waals surface area contributed by atoms with Gasteiger partial charge in [0.15, 0.2) is 6.10 Å². The van der Waals surface area contributed by atoms with Gasteiger partial charge in [-0.2, -0.15) is 0 Å². The molecule has 0 amide bonds. The number of carboxylic acid groups (broad SMARTS) is 1. The van der Waals surface area contributed by atoms with Gasteiger partial charge in [-0.05, 0) is 77.0 Å². The lowest BCUT2D eigenvalue weighted by molar-refractivity contribution is -0.870. The van der Waals surface area contributed by atoms with E-state index in [2.05, 4.69) is 111 Å². The summed E-state index contributed by atoms with van der Waals surface area (Å²) in [5, 5.41) is 9.73. The number of likely N-dealkylation sites (N-methyl/N-ethyl adjacent to an activating group) is 1. The third kappa shape index (κ3) is 65.6. The molecular formula is C74H130NO8+. The van der Waals surface area contributed by atoms with E-state index >= 15 is 0 Å². The Balaban J connectivity index is 4.04. The molecule has 9 heteroatoms. The van der Waals surface area contributed by atoms with Crippen LogP contribution in [0, 0.1) is 0 Å². The van der Waals surface area contributed by atoms with Crippen LogP contribution in [0.2, 0.25) is 0 Å². The van der Waals surface area contributed by atoms with Crippen LogP contribution in [0.4, 0.5) is 0 Å². The summed E-state index contributed by atoms with van der Waals surface area (Å²) in [4.78, 5) is 37.5. The van der Waals surface area contributed by atoms with Gasteiger partial charge in [0.1, 0.15) is 13.2 Å². The van der Waals surface area contributed by atoms with Crippen LogP contribution >= 0.6 is 0 Å². The predicted molar refractivity (Wildman–Crippen MR) is 355 cm³/mol. The summed E-state index contributed by atoms with van der Waals surface area (Å²) in [6.07, 6.45) is 85.2. The molecule has 2 atom stereocenters. The SMILES string of the molecule is CC/C=C\C/C=C\C/C=C\C/C=C\C/C=C\C/C=C\C/C=C\C/C=C\CCCCCCCCCCCCCCCCCCC(=O)OC(COC(=O)CCCCCCCCCCCCCCCCCCC)COC(OCC[N+](C)(C)C)C(=O)O. The van der Waals surface area contributed by atoms with Crippen molar-refractivity contribution >= 4 is 17.9 Å². The van der Waals surface area contributed by atoms with Crippen LogP contribution in [0.15, 0.2) is 97.2 Å². The zero-order valence-corrected chi connectivity index (χ0v) is 54.6. The minimum absolute atomic E-state index is 0.180. The molecule has 83 heavy (non-hydrogen) atoms. The van der Waals surface area contributed by atoms with E-state index in [4.69, 9.17) is 18.9 Å². The molecule has 0 aliphatic carbocycles.